The van der Waals surface area contributed by atoms with Crippen molar-refractivity contribution in [3.63, 3.8) is 0 Å². The van der Waals surface area contributed by atoms with E-state index in [-0.39, 0.29) is 5.70 Å². The molecule has 0 amide bonds. The van der Waals surface area contributed by atoms with Crippen LogP contribution in [-0.2, 0) is 16.0 Å². The summed E-state index contributed by atoms with van der Waals surface area (Å²) in [4.78, 5) is 20.2. The Morgan fingerprint density at radius 1 is 1.18 bits per heavy atom. The Hall–Kier alpha value is -2.95. The summed E-state index contributed by atoms with van der Waals surface area (Å²) in [7, 11) is 1.62. The topological polar surface area (TPSA) is 60.8 Å². The molecule has 3 rings (SSSR count). The molecule has 0 bridgehead atoms. The van der Waals surface area contributed by atoms with Gasteiger partial charge in [-0.2, -0.15) is 0 Å². The van der Waals surface area contributed by atoms with Crippen molar-refractivity contribution in [3.8, 4) is 5.75 Å². The van der Waals surface area contributed by atoms with Crippen molar-refractivity contribution in [2.75, 3.05) is 7.11 Å². The molecule has 0 spiro atoms. The zero-order chi connectivity index (χ0) is 15.4. The third kappa shape index (κ3) is 3.20. The fourth-order valence-corrected chi connectivity index (χ4v) is 2.05. The number of pyridine rings is 1. The van der Waals surface area contributed by atoms with Gasteiger partial charge in [0.05, 0.1) is 12.8 Å². The maximum Gasteiger partial charge on any atom is 0.363 e. The van der Waals surface area contributed by atoms with Gasteiger partial charge in [0.25, 0.3) is 0 Å². The largest absolute Gasteiger partial charge is 0.497 e. The first kappa shape index (κ1) is 14.0. The Bertz CT molecular complexity index is 734. The van der Waals surface area contributed by atoms with Gasteiger partial charge >= 0.3 is 5.97 Å². The van der Waals surface area contributed by atoms with Crippen LogP contribution in [0.1, 0.15) is 11.3 Å². The lowest BCUT2D eigenvalue weighted by molar-refractivity contribution is -0.130. The highest BCUT2D eigenvalue weighted by Gasteiger charge is 2.23. The second kappa shape index (κ2) is 6.22. The average molecular weight is 294 g/mol. The maximum absolute atomic E-state index is 11.8. The molecule has 0 aliphatic carbocycles. The van der Waals surface area contributed by atoms with Crippen molar-refractivity contribution in [1.29, 1.82) is 0 Å². The van der Waals surface area contributed by atoms with Crippen molar-refractivity contribution < 1.29 is 14.3 Å². The molecule has 1 aromatic carbocycles. The van der Waals surface area contributed by atoms with Gasteiger partial charge in [-0.25, -0.2) is 9.79 Å². The summed E-state index contributed by atoms with van der Waals surface area (Å²) >= 11 is 0. The summed E-state index contributed by atoms with van der Waals surface area (Å²) in [5.41, 5.74) is 1.93. The molecule has 2 aromatic rings. The highest BCUT2D eigenvalue weighted by atomic mass is 16.6. The molecule has 5 heteroatoms. The molecule has 0 saturated heterocycles. The zero-order valence-corrected chi connectivity index (χ0v) is 12.0. The van der Waals surface area contributed by atoms with Crippen LogP contribution in [-0.4, -0.2) is 24.0 Å². The van der Waals surface area contributed by atoms with Crippen LogP contribution in [0.15, 0.2) is 59.4 Å². The van der Waals surface area contributed by atoms with Gasteiger partial charge in [0.1, 0.15) is 5.75 Å². The number of hydrogen-bond donors (Lipinski definition) is 0. The van der Waals surface area contributed by atoms with Crippen LogP contribution in [0, 0.1) is 0 Å². The Balaban J connectivity index is 1.76. The van der Waals surface area contributed by atoms with Crippen LogP contribution in [0.2, 0.25) is 0 Å². The number of cyclic esters (lactones) is 1. The van der Waals surface area contributed by atoms with E-state index in [1.807, 2.05) is 36.4 Å². The minimum absolute atomic E-state index is 0.266. The fraction of sp³-hybridized carbons (Fsp3) is 0.118. The Morgan fingerprint density at radius 3 is 2.68 bits per heavy atom. The van der Waals surface area contributed by atoms with Gasteiger partial charge in [0.2, 0.25) is 5.90 Å². The lowest BCUT2D eigenvalue weighted by Crippen LogP contribution is -2.06. The van der Waals surface area contributed by atoms with Gasteiger partial charge < -0.3 is 9.47 Å². The van der Waals surface area contributed by atoms with Gasteiger partial charge in [-0.1, -0.05) is 18.2 Å². The second-order valence-electron chi connectivity index (χ2n) is 4.70. The first-order valence-corrected chi connectivity index (χ1v) is 6.80. The van der Waals surface area contributed by atoms with Crippen molar-refractivity contribution >= 4 is 17.9 Å². The zero-order valence-electron chi connectivity index (χ0n) is 12.0. The first-order valence-electron chi connectivity index (χ1n) is 6.80. The molecule has 1 aliphatic rings. The van der Waals surface area contributed by atoms with E-state index in [0.717, 1.165) is 11.3 Å². The molecule has 22 heavy (non-hydrogen) atoms. The summed E-state index contributed by atoms with van der Waals surface area (Å²) in [5.74, 6) is 0.719. The Kier molecular flexibility index (Phi) is 3.96. The number of ether oxygens (including phenoxy) is 2. The standard InChI is InChI=1S/C17H14N2O3/c1-21-14-7-5-12(6-8-14)10-16-19-15(17(20)22-16)11-13-4-2-3-9-18-13/h2-9,11H,10H2,1H3/b15-11+. The van der Waals surface area contributed by atoms with Crippen molar-refractivity contribution in [1.82, 2.24) is 4.98 Å². The number of hydrogen-bond acceptors (Lipinski definition) is 5. The average Bonchev–Trinajstić information content (AvgIpc) is 2.88. The normalized spacial score (nSPS) is 15.6. The summed E-state index contributed by atoms with van der Waals surface area (Å²) in [6.07, 6.45) is 3.73. The number of nitrogens with zero attached hydrogens (tertiary/aromatic N) is 2. The second-order valence-corrected chi connectivity index (χ2v) is 4.70. The number of aliphatic imine (C=N–C) groups is 1. The van der Waals surface area contributed by atoms with Crippen LogP contribution < -0.4 is 4.74 Å². The minimum Gasteiger partial charge on any atom is -0.497 e. The molecular weight excluding hydrogens is 280 g/mol. The van der Waals surface area contributed by atoms with Crippen LogP contribution in [0.4, 0.5) is 0 Å². The van der Waals surface area contributed by atoms with E-state index in [0.29, 0.717) is 18.0 Å². The predicted octanol–water partition coefficient (Wildman–Crippen LogP) is 2.63. The number of carbonyl (C=O) groups excluding carboxylic acids is 1. The van der Waals surface area contributed by atoms with Crippen LogP contribution in [0.5, 0.6) is 5.75 Å². The molecule has 2 heterocycles. The molecule has 0 fully saturated rings. The summed E-state index contributed by atoms with van der Waals surface area (Å²) in [6.45, 7) is 0. The van der Waals surface area contributed by atoms with Crippen molar-refractivity contribution in [3.05, 3.63) is 65.6 Å². The molecule has 0 atom stereocenters. The third-order valence-corrected chi connectivity index (χ3v) is 3.15. The number of esters is 1. The van der Waals surface area contributed by atoms with E-state index in [1.165, 1.54) is 0 Å². The predicted molar refractivity (Wildman–Crippen MR) is 82.4 cm³/mol. The van der Waals surface area contributed by atoms with Crippen molar-refractivity contribution in [2.45, 2.75) is 6.42 Å². The van der Waals surface area contributed by atoms with E-state index >= 15 is 0 Å². The SMILES string of the molecule is COc1ccc(CC2=N/C(=C/c3ccccn3)C(=O)O2)cc1. The number of aromatic nitrogens is 1. The molecule has 0 unspecified atom stereocenters. The molecular formula is C17H14N2O3. The molecule has 1 aliphatic heterocycles. The molecule has 0 saturated carbocycles. The third-order valence-electron chi connectivity index (χ3n) is 3.15. The monoisotopic (exact) mass is 294 g/mol. The number of carbonyl (C=O) groups is 1. The summed E-state index contributed by atoms with van der Waals surface area (Å²) in [5, 5.41) is 0. The maximum atomic E-state index is 11.8. The lowest BCUT2D eigenvalue weighted by atomic mass is 10.1. The summed E-state index contributed by atoms with van der Waals surface area (Å²) in [6, 6.07) is 13.0. The number of benzene rings is 1. The van der Waals surface area contributed by atoms with Crippen LogP contribution in [0.25, 0.3) is 6.08 Å². The smallest absolute Gasteiger partial charge is 0.363 e. The van der Waals surface area contributed by atoms with E-state index in [1.54, 1.807) is 25.4 Å². The highest BCUT2D eigenvalue weighted by Crippen LogP contribution is 2.18. The lowest BCUT2D eigenvalue weighted by Gasteiger charge is -2.02. The molecule has 1 aromatic heterocycles. The van der Waals surface area contributed by atoms with E-state index < -0.39 is 5.97 Å². The van der Waals surface area contributed by atoms with Crippen molar-refractivity contribution in [2.24, 2.45) is 4.99 Å². The molecule has 0 radical (unpaired) electrons. The van der Waals surface area contributed by atoms with Gasteiger partial charge in [-0.05, 0) is 35.9 Å². The van der Waals surface area contributed by atoms with E-state index in [9.17, 15) is 4.79 Å². The number of methoxy groups -OCH3 is 1. The van der Waals surface area contributed by atoms with Gasteiger partial charge in [0, 0.05) is 12.6 Å². The molecule has 110 valence electrons. The van der Waals surface area contributed by atoms with Crippen LogP contribution >= 0.6 is 0 Å². The Morgan fingerprint density at radius 2 is 2.00 bits per heavy atom. The van der Waals surface area contributed by atoms with Gasteiger partial charge in [-0.15, -0.1) is 0 Å². The first-order chi connectivity index (χ1) is 10.7. The minimum atomic E-state index is -0.450. The molecule has 5 nitrogen and oxygen atoms in total. The fourth-order valence-electron chi connectivity index (χ4n) is 2.05. The van der Waals surface area contributed by atoms with E-state index in [2.05, 4.69) is 9.98 Å². The quantitative estimate of drug-likeness (QED) is 0.642. The summed E-state index contributed by atoms with van der Waals surface area (Å²) < 4.78 is 10.3. The Labute approximate surface area is 127 Å². The van der Waals surface area contributed by atoms with Gasteiger partial charge in [-0.3, -0.25) is 4.98 Å². The van der Waals surface area contributed by atoms with Crippen LogP contribution in [0.3, 0.4) is 0 Å². The highest BCUT2D eigenvalue weighted by molar-refractivity contribution is 6.07. The van der Waals surface area contributed by atoms with Gasteiger partial charge in [0.15, 0.2) is 5.70 Å². The van der Waals surface area contributed by atoms with E-state index in [4.69, 9.17) is 9.47 Å². The number of rotatable bonds is 4. The molecule has 0 N–H and O–H groups in total.